The zero-order valence-corrected chi connectivity index (χ0v) is 13.7. The zero-order chi connectivity index (χ0) is 15.5. The summed E-state index contributed by atoms with van der Waals surface area (Å²) in [7, 11) is -1.94. The Morgan fingerprint density at radius 1 is 1.50 bits per heavy atom. The number of anilines is 2. The van der Waals surface area contributed by atoms with Gasteiger partial charge < -0.3 is 15.8 Å². The van der Waals surface area contributed by atoms with E-state index in [2.05, 4.69) is 5.32 Å². The Hall–Kier alpha value is -1.12. The van der Waals surface area contributed by atoms with Crippen molar-refractivity contribution in [1.82, 2.24) is 0 Å². The molecule has 1 rings (SSSR count). The van der Waals surface area contributed by atoms with Crippen molar-refractivity contribution in [3.8, 4) is 0 Å². The highest BCUT2D eigenvalue weighted by Crippen LogP contribution is 2.40. The van der Waals surface area contributed by atoms with Gasteiger partial charge in [-0.25, -0.2) is 8.42 Å². The largest absolute Gasteiger partial charge is 0.396 e. The summed E-state index contributed by atoms with van der Waals surface area (Å²) >= 11 is 1.07. The van der Waals surface area contributed by atoms with E-state index < -0.39 is 9.84 Å². The molecule has 0 radical (unpaired) electrons. The number of carbonyl (C=O) groups excluding carboxylic acids is 1. The van der Waals surface area contributed by atoms with E-state index in [1.807, 2.05) is 6.92 Å². The Balaban J connectivity index is 3.35. The number of sulfone groups is 1. The third-order valence-corrected chi connectivity index (χ3v) is 5.88. The smallest absolute Gasteiger partial charge is 0.183 e. The highest BCUT2D eigenvalue weighted by Gasteiger charge is 2.28. The average Bonchev–Trinajstić information content (AvgIpc) is 2.67. The van der Waals surface area contributed by atoms with E-state index in [4.69, 9.17) is 10.5 Å². The summed E-state index contributed by atoms with van der Waals surface area (Å²) in [6.07, 6.45) is 0. The Morgan fingerprint density at radius 3 is 2.55 bits per heavy atom. The summed E-state index contributed by atoms with van der Waals surface area (Å²) < 4.78 is 29.3. The minimum Gasteiger partial charge on any atom is -0.396 e. The number of hydrogen-bond donors (Lipinski definition) is 2. The number of ether oxygens (including phenoxy) is 1. The van der Waals surface area contributed by atoms with E-state index in [1.165, 1.54) is 6.92 Å². The van der Waals surface area contributed by atoms with Gasteiger partial charge in [0.1, 0.15) is 9.90 Å². The van der Waals surface area contributed by atoms with Crippen LogP contribution >= 0.6 is 11.3 Å². The maximum atomic E-state index is 12.2. The molecule has 20 heavy (non-hydrogen) atoms. The molecular weight excluding hydrogens is 300 g/mol. The second-order valence-electron chi connectivity index (χ2n) is 4.46. The first-order valence-corrected chi connectivity index (χ1v) is 8.62. The molecule has 0 fully saturated rings. The minimum atomic E-state index is -3.50. The Labute approximate surface area is 123 Å². The van der Waals surface area contributed by atoms with Crippen molar-refractivity contribution in [2.24, 2.45) is 0 Å². The first-order valence-electron chi connectivity index (χ1n) is 6.16. The van der Waals surface area contributed by atoms with Gasteiger partial charge in [0.2, 0.25) is 0 Å². The highest BCUT2D eigenvalue weighted by atomic mass is 32.2. The molecule has 8 heteroatoms. The van der Waals surface area contributed by atoms with Crippen molar-refractivity contribution < 1.29 is 17.9 Å². The number of nitrogen functional groups attached to an aromatic ring is 1. The van der Waals surface area contributed by atoms with Crippen molar-refractivity contribution in [3.63, 3.8) is 0 Å². The third kappa shape index (κ3) is 3.50. The summed E-state index contributed by atoms with van der Waals surface area (Å²) in [6.45, 7) is 5.18. The van der Waals surface area contributed by atoms with Gasteiger partial charge in [-0.15, -0.1) is 11.3 Å². The summed E-state index contributed by atoms with van der Waals surface area (Å²) in [6, 6.07) is -0.0938. The third-order valence-electron chi connectivity index (χ3n) is 2.70. The molecule has 6 nitrogen and oxygen atoms in total. The first kappa shape index (κ1) is 16.9. The van der Waals surface area contributed by atoms with Gasteiger partial charge in [0, 0.05) is 20.1 Å². The fourth-order valence-corrected chi connectivity index (χ4v) is 4.41. The standard InChI is InChI=1S/C12H20N2O4S2/c1-5-20(16,17)11-9(13)10(8(3)15)19-12(11)14-7(2)6-18-4/h7,14H,5-6,13H2,1-4H3. The molecule has 1 atom stereocenters. The molecule has 0 saturated carbocycles. The molecule has 0 aliphatic heterocycles. The van der Waals surface area contributed by atoms with Crippen LogP contribution in [-0.2, 0) is 14.6 Å². The van der Waals surface area contributed by atoms with Crippen LogP contribution in [0.15, 0.2) is 4.90 Å². The summed E-state index contributed by atoms with van der Waals surface area (Å²) in [5.74, 6) is -0.314. The number of ketones is 1. The molecular formula is C12H20N2O4S2. The quantitative estimate of drug-likeness (QED) is 0.743. The molecule has 0 bridgehead atoms. The SMILES string of the molecule is CCS(=O)(=O)c1c(NC(C)COC)sc(C(C)=O)c1N. The molecule has 1 unspecified atom stereocenters. The van der Waals surface area contributed by atoms with Gasteiger partial charge in [0.15, 0.2) is 15.6 Å². The predicted molar refractivity (Wildman–Crippen MR) is 81.4 cm³/mol. The van der Waals surface area contributed by atoms with Crippen LogP contribution < -0.4 is 11.1 Å². The van der Waals surface area contributed by atoms with Crippen LogP contribution in [0.4, 0.5) is 10.7 Å². The fourth-order valence-electron chi connectivity index (χ4n) is 1.75. The Bertz CT molecular complexity index is 593. The summed E-state index contributed by atoms with van der Waals surface area (Å²) in [5.41, 5.74) is 5.89. The van der Waals surface area contributed by atoms with Crippen molar-refractivity contribution in [2.75, 3.05) is 30.5 Å². The molecule has 3 N–H and O–H groups in total. The maximum Gasteiger partial charge on any atom is 0.183 e. The fraction of sp³-hybridized carbons (Fsp3) is 0.583. The molecule has 1 heterocycles. The van der Waals surface area contributed by atoms with Crippen LogP contribution in [0.5, 0.6) is 0 Å². The lowest BCUT2D eigenvalue weighted by atomic mass is 10.3. The lowest BCUT2D eigenvalue weighted by Gasteiger charge is -2.14. The molecule has 1 aromatic rings. The molecule has 1 aromatic heterocycles. The minimum absolute atomic E-state index is 0.0261. The van der Waals surface area contributed by atoms with Crippen LogP contribution in [0.2, 0.25) is 0 Å². The van der Waals surface area contributed by atoms with Crippen LogP contribution in [0, 0.1) is 0 Å². The first-order chi connectivity index (χ1) is 9.24. The van der Waals surface area contributed by atoms with Gasteiger partial charge in [-0.05, 0) is 6.92 Å². The van der Waals surface area contributed by atoms with Crippen LogP contribution in [0.3, 0.4) is 0 Å². The second kappa shape index (κ2) is 6.55. The van der Waals surface area contributed by atoms with Gasteiger partial charge >= 0.3 is 0 Å². The van der Waals surface area contributed by atoms with E-state index in [1.54, 1.807) is 14.0 Å². The number of Topliss-reactive ketones (excluding diaryl/α,β-unsaturated/α-hetero) is 1. The van der Waals surface area contributed by atoms with Gasteiger partial charge in [-0.2, -0.15) is 0 Å². The molecule has 114 valence electrons. The number of carbonyl (C=O) groups is 1. The summed E-state index contributed by atoms with van der Waals surface area (Å²) in [4.78, 5) is 11.8. The molecule has 0 saturated heterocycles. The number of nitrogens with two attached hydrogens (primary N) is 1. The Kier molecular flexibility index (Phi) is 5.55. The van der Waals surface area contributed by atoms with Crippen molar-refractivity contribution in [1.29, 1.82) is 0 Å². The molecule has 0 aliphatic rings. The molecule has 0 amide bonds. The van der Waals surface area contributed by atoms with Gasteiger partial charge in [-0.3, -0.25) is 4.79 Å². The molecule has 0 aliphatic carbocycles. The van der Waals surface area contributed by atoms with E-state index in [-0.39, 0.29) is 33.0 Å². The lowest BCUT2D eigenvalue weighted by Crippen LogP contribution is -2.21. The van der Waals surface area contributed by atoms with E-state index in [0.29, 0.717) is 11.6 Å². The van der Waals surface area contributed by atoms with Crippen molar-refractivity contribution in [2.45, 2.75) is 31.7 Å². The van der Waals surface area contributed by atoms with E-state index in [9.17, 15) is 13.2 Å². The van der Waals surface area contributed by atoms with Gasteiger partial charge in [0.05, 0.1) is 22.9 Å². The number of rotatable bonds is 7. The zero-order valence-electron chi connectivity index (χ0n) is 12.0. The van der Waals surface area contributed by atoms with Gasteiger partial charge in [0.25, 0.3) is 0 Å². The number of methoxy groups -OCH3 is 1. The van der Waals surface area contributed by atoms with Crippen molar-refractivity contribution in [3.05, 3.63) is 4.88 Å². The highest BCUT2D eigenvalue weighted by molar-refractivity contribution is 7.91. The average molecular weight is 320 g/mol. The van der Waals surface area contributed by atoms with Crippen LogP contribution in [-0.4, -0.2) is 39.7 Å². The molecule has 0 aromatic carbocycles. The van der Waals surface area contributed by atoms with Crippen LogP contribution in [0.25, 0.3) is 0 Å². The predicted octanol–water partition coefficient (Wildman–Crippen LogP) is 1.77. The van der Waals surface area contributed by atoms with E-state index >= 15 is 0 Å². The van der Waals surface area contributed by atoms with Gasteiger partial charge in [-0.1, -0.05) is 6.92 Å². The van der Waals surface area contributed by atoms with Crippen LogP contribution in [0.1, 0.15) is 30.4 Å². The molecule has 0 spiro atoms. The summed E-state index contributed by atoms with van der Waals surface area (Å²) in [5, 5.41) is 3.45. The Morgan fingerprint density at radius 2 is 2.10 bits per heavy atom. The normalized spacial score (nSPS) is 13.2. The topological polar surface area (TPSA) is 98.5 Å². The number of thiophene rings is 1. The second-order valence-corrected chi connectivity index (χ2v) is 7.70. The monoisotopic (exact) mass is 320 g/mol. The van der Waals surface area contributed by atoms with Crippen molar-refractivity contribution >= 4 is 37.6 Å². The van der Waals surface area contributed by atoms with E-state index in [0.717, 1.165) is 11.3 Å². The maximum absolute atomic E-state index is 12.2. The lowest BCUT2D eigenvalue weighted by molar-refractivity contribution is 0.102. The number of nitrogens with one attached hydrogen (secondary N) is 1. The number of hydrogen-bond acceptors (Lipinski definition) is 7.